The van der Waals surface area contributed by atoms with Crippen LogP contribution in [0.2, 0.25) is 0 Å². The first-order valence-electron chi connectivity index (χ1n) is 8.66. The van der Waals surface area contributed by atoms with Crippen molar-refractivity contribution in [2.75, 3.05) is 40.4 Å². The van der Waals surface area contributed by atoms with Crippen LogP contribution in [-0.2, 0) is 4.74 Å². The molecule has 0 bridgehead atoms. The molecule has 0 radical (unpaired) electrons. The standard InChI is InChI=1S/C19H31N3O.HI/c1-15-5-9-18(10-6-15)16(2)13-21-19(20-3)22(4)11-12-23-14-17-7-8-17;/h5-6,9-10,16-17H,7-8,11-14H2,1-4H3,(H,20,21);1H. The lowest BCUT2D eigenvalue weighted by Crippen LogP contribution is -2.41. The summed E-state index contributed by atoms with van der Waals surface area (Å²) in [6, 6.07) is 8.76. The predicted octanol–water partition coefficient (Wildman–Crippen LogP) is 3.65. The van der Waals surface area contributed by atoms with E-state index < -0.39 is 0 Å². The molecule has 5 heteroatoms. The molecule has 1 aliphatic carbocycles. The lowest BCUT2D eigenvalue weighted by molar-refractivity contribution is 0.115. The minimum absolute atomic E-state index is 0. The predicted molar refractivity (Wildman–Crippen MR) is 113 cm³/mol. The number of likely N-dealkylation sites (N-methyl/N-ethyl adjacent to an activating group) is 1. The Morgan fingerprint density at radius 1 is 1.33 bits per heavy atom. The molecule has 0 aliphatic heterocycles. The first-order chi connectivity index (χ1) is 11.1. The molecule has 1 aliphatic rings. The van der Waals surface area contributed by atoms with Gasteiger partial charge >= 0.3 is 0 Å². The molecule has 0 amide bonds. The summed E-state index contributed by atoms with van der Waals surface area (Å²) in [6.45, 7) is 7.79. The minimum Gasteiger partial charge on any atom is -0.379 e. The van der Waals surface area contributed by atoms with E-state index in [2.05, 4.69) is 60.4 Å². The number of ether oxygens (including phenoxy) is 1. The number of hydrogen-bond donors (Lipinski definition) is 1. The van der Waals surface area contributed by atoms with E-state index in [4.69, 9.17) is 4.74 Å². The highest BCUT2D eigenvalue weighted by molar-refractivity contribution is 14.0. The molecule has 0 aromatic heterocycles. The average molecular weight is 445 g/mol. The summed E-state index contributed by atoms with van der Waals surface area (Å²) >= 11 is 0. The summed E-state index contributed by atoms with van der Waals surface area (Å²) in [7, 11) is 3.90. The largest absolute Gasteiger partial charge is 0.379 e. The molecule has 4 nitrogen and oxygen atoms in total. The van der Waals surface area contributed by atoms with Gasteiger partial charge < -0.3 is 15.0 Å². The molecule has 2 rings (SSSR count). The third-order valence-electron chi connectivity index (χ3n) is 4.41. The lowest BCUT2D eigenvalue weighted by Gasteiger charge is -2.23. The molecule has 1 N–H and O–H groups in total. The number of benzene rings is 1. The van der Waals surface area contributed by atoms with E-state index in [1.165, 1.54) is 24.0 Å². The first-order valence-corrected chi connectivity index (χ1v) is 8.66. The summed E-state index contributed by atoms with van der Waals surface area (Å²) in [5, 5.41) is 3.46. The van der Waals surface area contributed by atoms with Crippen molar-refractivity contribution < 1.29 is 4.74 Å². The van der Waals surface area contributed by atoms with Crippen molar-refractivity contribution >= 4 is 29.9 Å². The molecule has 0 spiro atoms. The molecule has 0 heterocycles. The van der Waals surface area contributed by atoms with E-state index in [-0.39, 0.29) is 24.0 Å². The van der Waals surface area contributed by atoms with Crippen molar-refractivity contribution in [2.24, 2.45) is 10.9 Å². The Labute approximate surface area is 164 Å². The zero-order chi connectivity index (χ0) is 16.7. The second-order valence-corrected chi connectivity index (χ2v) is 6.68. The number of hydrogen-bond acceptors (Lipinski definition) is 2. The van der Waals surface area contributed by atoms with E-state index in [0.717, 1.165) is 38.2 Å². The second-order valence-electron chi connectivity index (χ2n) is 6.68. The van der Waals surface area contributed by atoms with Crippen LogP contribution in [-0.4, -0.2) is 51.3 Å². The summed E-state index contributed by atoms with van der Waals surface area (Å²) in [6.07, 6.45) is 2.69. The molecule has 1 aromatic rings. The maximum Gasteiger partial charge on any atom is 0.193 e. The van der Waals surface area contributed by atoms with Gasteiger partial charge in [-0.05, 0) is 37.2 Å². The van der Waals surface area contributed by atoms with E-state index in [9.17, 15) is 0 Å². The van der Waals surface area contributed by atoms with Crippen LogP contribution in [0, 0.1) is 12.8 Å². The topological polar surface area (TPSA) is 36.9 Å². The normalized spacial score (nSPS) is 15.6. The maximum absolute atomic E-state index is 5.70. The highest BCUT2D eigenvalue weighted by atomic mass is 127. The molecule has 1 fully saturated rings. The van der Waals surface area contributed by atoms with Gasteiger partial charge in [-0.25, -0.2) is 0 Å². The fourth-order valence-electron chi connectivity index (χ4n) is 2.48. The quantitative estimate of drug-likeness (QED) is 0.287. The van der Waals surface area contributed by atoms with E-state index >= 15 is 0 Å². The summed E-state index contributed by atoms with van der Waals surface area (Å²) < 4.78 is 5.70. The number of halogens is 1. The number of aryl methyl sites for hydroxylation is 1. The Hall–Kier alpha value is -0.820. The maximum atomic E-state index is 5.70. The third kappa shape index (κ3) is 7.38. The number of guanidine groups is 1. The number of nitrogens with one attached hydrogen (secondary N) is 1. The van der Waals surface area contributed by atoms with Crippen LogP contribution >= 0.6 is 24.0 Å². The highest BCUT2D eigenvalue weighted by Crippen LogP contribution is 2.28. The number of nitrogens with zero attached hydrogens (tertiary/aromatic N) is 2. The minimum atomic E-state index is 0. The van der Waals surface area contributed by atoms with Gasteiger partial charge in [0.15, 0.2) is 5.96 Å². The zero-order valence-corrected chi connectivity index (χ0v) is 17.7. The Bertz CT molecular complexity index is 500. The molecule has 1 unspecified atom stereocenters. The third-order valence-corrected chi connectivity index (χ3v) is 4.41. The Balaban J connectivity index is 0.00000288. The SMILES string of the molecule is CN=C(NCC(C)c1ccc(C)cc1)N(C)CCOCC1CC1.I. The zero-order valence-electron chi connectivity index (χ0n) is 15.4. The highest BCUT2D eigenvalue weighted by Gasteiger charge is 2.21. The smallest absolute Gasteiger partial charge is 0.193 e. The van der Waals surface area contributed by atoms with Crippen LogP contribution in [0.1, 0.15) is 36.8 Å². The fraction of sp³-hybridized carbons (Fsp3) is 0.632. The molecule has 0 saturated heterocycles. The van der Waals surface area contributed by atoms with Gasteiger partial charge in [0.25, 0.3) is 0 Å². The van der Waals surface area contributed by atoms with Crippen molar-refractivity contribution in [1.82, 2.24) is 10.2 Å². The van der Waals surface area contributed by atoms with Crippen molar-refractivity contribution in [1.29, 1.82) is 0 Å². The van der Waals surface area contributed by atoms with E-state index in [1.807, 2.05) is 7.05 Å². The average Bonchev–Trinajstić information content (AvgIpc) is 3.37. The van der Waals surface area contributed by atoms with Gasteiger partial charge in [-0.2, -0.15) is 0 Å². The summed E-state index contributed by atoms with van der Waals surface area (Å²) in [4.78, 5) is 6.50. The fourth-order valence-corrected chi connectivity index (χ4v) is 2.48. The monoisotopic (exact) mass is 445 g/mol. The second kappa shape index (κ2) is 10.9. The van der Waals surface area contributed by atoms with Gasteiger partial charge in [0.1, 0.15) is 0 Å². The van der Waals surface area contributed by atoms with Crippen molar-refractivity contribution in [3.63, 3.8) is 0 Å². The van der Waals surface area contributed by atoms with Gasteiger partial charge in [0.2, 0.25) is 0 Å². The van der Waals surface area contributed by atoms with Gasteiger partial charge in [-0.3, -0.25) is 4.99 Å². The Morgan fingerprint density at radius 3 is 2.58 bits per heavy atom. The van der Waals surface area contributed by atoms with Crippen molar-refractivity contribution in [3.05, 3.63) is 35.4 Å². The van der Waals surface area contributed by atoms with Gasteiger partial charge in [0.05, 0.1) is 6.61 Å². The summed E-state index contributed by atoms with van der Waals surface area (Å²) in [5.74, 6) is 2.21. The van der Waals surface area contributed by atoms with Crippen LogP contribution in [0.5, 0.6) is 0 Å². The number of aliphatic imine (C=N–C) groups is 1. The van der Waals surface area contributed by atoms with Gasteiger partial charge in [0, 0.05) is 33.8 Å². The van der Waals surface area contributed by atoms with Crippen LogP contribution in [0.3, 0.4) is 0 Å². The van der Waals surface area contributed by atoms with E-state index in [0.29, 0.717) is 5.92 Å². The number of rotatable bonds is 8. The molecule has 1 aromatic carbocycles. The molecule has 1 saturated carbocycles. The molecule has 136 valence electrons. The lowest BCUT2D eigenvalue weighted by atomic mass is 10.0. The first kappa shape index (κ1) is 21.2. The summed E-state index contributed by atoms with van der Waals surface area (Å²) in [5.41, 5.74) is 2.66. The van der Waals surface area contributed by atoms with Crippen LogP contribution in [0.25, 0.3) is 0 Å². The molecule has 1 atom stereocenters. The molecular weight excluding hydrogens is 413 g/mol. The van der Waals surface area contributed by atoms with E-state index in [1.54, 1.807) is 0 Å². The van der Waals surface area contributed by atoms with Crippen LogP contribution in [0.15, 0.2) is 29.3 Å². The van der Waals surface area contributed by atoms with Crippen molar-refractivity contribution in [3.8, 4) is 0 Å². The van der Waals surface area contributed by atoms with Crippen LogP contribution in [0.4, 0.5) is 0 Å². The van der Waals surface area contributed by atoms with Gasteiger partial charge in [-0.15, -0.1) is 24.0 Å². The molecular formula is C19H32IN3O. The van der Waals surface area contributed by atoms with Crippen LogP contribution < -0.4 is 5.32 Å². The molecule has 24 heavy (non-hydrogen) atoms. The Kier molecular flexibility index (Phi) is 9.66. The Morgan fingerprint density at radius 2 is 2.00 bits per heavy atom. The van der Waals surface area contributed by atoms with Gasteiger partial charge in [-0.1, -0.05) is 36.8 Å². The van der Waals surface area contributed by atoms with Crippen molar-refractivity contribution in [2.45, 2.75) is 32.6 Å².